The zero-order chi connectivity index (χ0) is 24.2. The monoisotopic (exact) mass is 479 g/mol. The molecule has 34 heavy (non-hydrogen) atoms. The molecule has 1 amide bonds. The van der Waals surface area contributed by atoms with E-state index in [2.05, 4.69) is 0 Å². The van der Waals surface area contributed by atoms with Crippen LogP contribution in [-0.2, 0) is 6.54 Å². The number of carbonyl (C=O) groups excluding carboxylic acids is 1. The first kappa shape index (κ1) is 23.7. The second-order valence-corrected chi connectivity index (χ2v) is 9.07. The molecule has 1 unspecified atom stereocenters. The Bertz CT molecular complexity index is 1260. The maximum absolute atomic E-state index is 14.4. The minimum atomic E-state index is -0.509. The van der Waals surface area contributed by atoms with Crippen molar-refractivity contribution in [3.8, 4) is 6.07 Å². The molecule has 174 valence electrons. The lowest BCUT2D eigenvalue weighted by molar-refractivity contribution is 0.0787. The quantitative estimate of drug-likeness (QED) is 0.437. The number of nitrogens with zero attached hydrogens (tertiary/aromatic N) is 3. The lowest BCUT2D eigenvalue weighted by atomic mass is 10.1. The van der Waals surface area contributed by atoms with Crippen molar-refractivity contribution in [3.63, 3.8) is 0 Å². The average Bonchev–Trinajstić information content (AvgIpc) is 3.29. The summed E-state index contributed by atoms with van der Waals surface area (Å²) in [6, 6.07) is 18.0. The molecular formula is C27H24ClF2N3O. The molecule has 0 N–H and O–H groups in total. The smallest absolute Gasteiger partial charge is 0.253 e. The molecule has 0 radical (unpaired) electrons. The summed E-state index contributed by atoms with van der Waals surface area (Å²) in [5, 5.41) is 9.49. The van der Waals surface area contributed by atoms with Crippen LogP contribution in [0.15, 0.2) is 60.7 Å². The van der Waals surface area contributed by atoms with E-state index in [4.69, 9.17) is 11.6 Å². The lowest BCUT2D eigenvalue weighted by Crippen LogP contribution is -2.33. The first-order valence-electron chi connectivity index (χ1n) is 11.1. The Morgan fingerprint density at radius 2 is 2.00 bits per heavy atom. The number of rotatable bonds is 6. The molecule has 4 nitrogen and oxygen atoms in total. The highest BCUT2D eigenvalue weighted by Crippen LogP contribution is 2.28. The highest BCUT2D eigenvalue weighted by molar-refractivity contribution is 6.32. The van der Waals surface area contributed by atoms with Crippen molar-refractivity contribution < 1.29 is 13.6 Å². The number of amides is 1. The fraction of sp³-hybridized carbons (Fsp3) is 0.259. The molecule has 1 aliphatic rings. The van der Waals surface area contributed by atoms with Crippen LogP contribution in [0.5, 0.6) is 0 Å². The fourth-order valence-electron chi connectivity index (χ4n) is 4.36. The highest BCUT2D eigenvalue weighted by Gasteiger charge is 2.29. The summed E-state index contributed by atoms with van der Waals surface area (Å²) < 4.78 is 28.2. The minimum Gasteiger partial charge on any atom is -0.367 e. The van der Waals surface area contributed by atoms with Gasteiger partial charge in [0, 0.05) is 43.0 Å². The molecule has 3 aromatic carbocycles. The molecule has 3 aromatic rings. The van der Waals surface area contributed by atoms with E-state index in [0.29, 0.717) is 41.5 Å². The van der Waals surface area contributed by atoms with Crippen molar-refractivity contribution in [3.05, 3.63) is 99.6 Å². The van der Waals surface area contributed by atoms with Gasteiger partial charge in [0.1, 0.15) is 17.7 Å². The van der Waals surface area contributed by atoms with Crippen LogP contribution in [0.25, 0.3) is 0 Å². The van der Waals surface area contributed by atoms with E-state index in [9.17, 15) is 18.8 Å². The molecule has 1 heterocycles. The third-order valence-corrected chi connectivity index (χ3v) is 6.44. The Morgan fingerprint density at radius 3 is 2.74 bits per heavy atom. The number of hydrogen-bond acceptors (Lipinski definition) is 3. The highest BCUT2D eigenvalue weighted by atomic mass is 35.5. The number of halogens is 3. The van der Waals surface area contributed by atoms with Crippen LogP contribution in [0.1, 0.15) is 33.5 Å². The molecule has 7 heteroatoms. The molecule has 0 aromatic heterocycles. The number of carbonyl (C=O) groups is 1. The van der Waals surface area contributed by atoms with Gasteiger partial charge in [-0.25, -0.2) is 8.78 Å². The number of nitriles is 1. The Morgan fingerprint density at radius 1 is 1.18 bits per heavy atom. The van der Waals surface area contributed by atoms with Gasteiger partial charge in [-0.1, -0.05) is 29.3 Å². The normalized spacial score (nSPS) is 15.3. The summed E-state index contributed by atoms with van der Waals surface area (Å²) in [4.78, 5) is 16.7. The van der Waals surface area contributed by atoms with Crippen molar-refractivity contribution in [2.75, 3.05) is 24.5 Å². The van der Waals surface area contributed by atoms with Crippen molar-refractivity contribution in [2.45, 2.75) is 19.9 Å². The number of hydrogen-bond donors (Lipinski definition) is 0. The van der Waals surface area contributed by atoms with Crippen LogP contribution in [0, 0.1) is 35.8 Å². The third kappa shape index (κ3) is 5.37. The summed E-state index contributed by atoms with van der Waals surface area (Å²) >= 11 is 6.26. The van der Waals surface area contributed by atoms with Crippen molar-refractivity contribution in [2.24, 2.45) is 5.92 Å². The molecular weight excluding hydrogens is 456 g/mol. The van der Waals surface area contributed by atoms with Crippen molar-refractivity contribution in [1.29, 1.82) is 5.26 Å². The van der Waals surface area contributed by atoms with Gasteiger partial charge in [0.05, 0.1) is 10.6 Å². The Kier molecular flexibility index (Phi) is 7.14. The van der Waals surface area contributed by atoms with Gasteiger partial charge in [0.25, 0.3) is 5.91 Å². The second kappa shape index (κ2) is 10.2. The van der Waals surface area contributed by atoms with E-state index in [1.54, 1.807) is 18.2 Å². The zero-order valence-electron chi connectivity index (χ0n) is 18.8. The van der Waals surface area contributed by atoms with Gasteiger partial charge >= 0.3 is 0 Å². The predicted molar refractivity (Wildman–Crippen MR) is 129 cm³/mol. The largest absolute Gasteiger partial charge is 0.367 e. The molecule has 1 fully saturated rings. The van der Waals surface area contributed by atoms with Gasteiger partial charge in [-0.15, -0.1) is 0 Å². The van der Waals surface area contributed by atoms with Crippen molar-refractivity contribution >= 4 is 23.2 Å². The van der Waals surface area contributed by atoms with E-state index in [1.807, 2.05) is 47.1 Å². The molecule has 4 rings (SSSR count). The molecule has 1 aliphatic heterocycles. The number of aryl methyl sites for hydroxylation is 1. The maximum Gasteiger partial charge on any atom is 0.253 e. The topological polar surface area (TPSA) is 47.3 Å². The van der Waals surface area contributed by atoms with Crippen LogP contribution < -0.4 is 4.90 Å². The average molecular weight is 480 g/mol. The summed E-state index contributed by atoms with van der Waals surface area (Å²) in [7, 11) is 0. The van der Waals surface area contributed by atoms with Crippen LogP contribution >= 0.6 is 11.6 Å². The van der Waals surface area contributed by atoms with E-state index in [1.165, 1.54) is 6.07 Å². The van der Waals surface area contributed by atoms with E-state index in [-0.39, 0.29) is 23.9 Å². The molecule has 0 bridgehead atoms. The minimum absolute atomic E-state index is 0.00431. The van der Waals surface area contributed by atoms with Crippen LogP contribution in [0.4, 0.5) is 14.5 Å². The number of benzene rings is 3. The van der Waals surface area contributed by atoms with Gasteiger partial charge in [0.15, 0.2) is 0 Å². The molecule has 1 atom stereocenters. The molecule has 0 spiro atoms. The summed E-state index contributed by atoms with van der Waals surface area (Å²) in [6.45, 7) is 3.81. The van der Waals surface area contributed by atoms with Crippen LogP contribution in [0.2, 0.25) is 5.02 Å². The Hall–Kier alpha value is -3.43. The van der Waals surface area contributed by atoms with Gasteiger partial charge in [-0.3, -0.25) is 4.79 Å². The maximum atomic E-state index is 14.4. The number of anilines is 1. The summed E-state index contributed by atoms with van der Waals surface area (Å²) in [5.74, 6) is -0.867. The summed E-state index contributed by atoms with van der Waals surface area (Å²) in [5.41, 5.74) is 2.97. The van der Waals surface area contributed by atoms with Gasteiger partial charge in [-0.05, 0) is 67.8 Å². The second-order valence-electron chi connectivity index (χ2n) is 8.67. The van der Waals surface area contributed by atoms with Crippen LogP contribution in [-0.4, -0.2) is 30.4 Å². The fourth-order valence-corrected chi connectivity index (χ4v) is 4.58. The Balaban J connectivity index is 1.55. The standard InChI is InChI=1S/C27H24ClF2N3O/c1-18-3-2-4-20(11-18)27(34)32-10-9-19(15-32)16-33(17-22-12-23(29)6-8-26(22)30)24-7-5-21(14-31)25(28)13-24/h2-8,11-13,19H,9-10,15-17H2,1H3. The molecule has 1 saturated heterocycles. The first-order valence-corrected chi connectivity index (χ1v) is 11.5. The SMILES string of the molecule is Cc1cccc(C(=O)N2CCC(CN(Cc3cc(F)ccc3F)c3ccc(C#N)c(Cl)c3)C2)c1. The predicted octanol–water partition coefficient (Wildman–Crippen LogP) is 5.97. The van der Waals surface area contributed by atoms with Crippen LogP contribution in [0.3, 0.4) is 0 Å². The molecule has 0 aliphatic carbocycles. The molecule has 0 saturated carbocycles. The van der Waals surface area contributed by atoms with Crippen molar-refractivity contribution in [1.82, 2.24) is 4.90 Å². The van der Waals surface area contributed by atoms with Gasteiger partial charge < -0.3 is 9.80 Å². The third-order valence-electron chi connectivity index (χ3n) is 6.12. The lowest BCUT2D eigenvalue weighted by Gasteiger charge is -2.28. The van der Waals surface area contributed by atoms with Gasteiger partial charge in [-0.2, -0.15) is 5.26 Å². The van der Waals surface area contributed by atoms with E-state index < -0.39 is 11.6 Å². The zero-order valence-corrected chi connectivity index (χ0v) is 19.5. The van der Waals surface area contributed by atoms with Gasteiger partial charge in [0.2, 0.25) is 0 Å². The Labute approximate surface area is 203 Å². The summed E-state index contributed by atoms with van der Waals surface area (Å²) in [6.07, 6.45) is 0.795. The van der Waals surface area contributed by atoms with E-state index in [0.717, 1.165) is 24.1 Å². The first-order chi connectivity index (χ1) is 16.3. The van der Waals surface area contributed by atoms with E-state index >= 15 is 0 Å². The number of likely N-dealkylation sites (tertiary alicyclic amines) is 1.